The van der Waals surface area contributed by atoms with Gasteiger partial charge in [0, 0.05) is 5.56 Å². The zero-order valence-corrected chi connectivity index (χ0v) is 17.5. The Morgan fingerprint density at radius 3 is 2.38 bits per heavy atom. The van der Waals surface area contributed by atoms with Gasteiger partial charge in [0.2, 0.25) is 0 Å². The molecule has 0 aliphatic carbocycles. The molecular formula is C25H16FN2O6-. The van der Waals surface area contributed by atoms with E-state index in [1.54, 1.807) is 0 Å². The number of anilines is 1. The van der Waals surface area contributed by atoms with E-state index in [1.165, 1.54) is 30.3 Å². The fourth-order valence-electron chi connectivity index (χ4n) is 3.31. The Kier molecular flexibility index (Phi) is 6.18. The van der Waals surface area contributed by atoms with Gasteiger partial charge < -0.3 is 14.6 Å². The van der Waals surface area contributed by atoms with Gasteiger partial charge in [0.25, 0.3) is 11.8 Å². The molecule has 170 valence electrons. The SMILES string of the molecule is O=C1NC(=O)N(c2ccc(F)cc2)C(=O)/C1=C\c1ccc(OCc2ccccc2)c(C(=O)[O-])c1. The second kappa shape index (κ2) is 9.37. The first-order valence-electron chi connectivity index (χ1n) is 10.0. The molecule has 0 atom stereocenters. The standard InChI is InChI=1S/C25H17FN2O6/c26-17-7-9-18(10-8-17)28-23(30)20(22(29)27-25(28)33)13-16-6-11-21(19(12-16)24(31)32)34-14-15-4-2-1-3-5-15/h1-13H,14H2,(H,31,32)(H,27,29,33)/p-1/b20-13-. The minimum atomic E-state index is -1.51. The highest BCUT2D eigenvalue weighted by Gasteiger charge is 2.36. The largest absolute Gasteiger partial charge is 0.545 e. The molecule has 1 N–H and O–H groups in total. The number of hydrogen-bond donors (Lipinski definition) is 1. The summed E-state index contributed by atoms with van der Waals surface area (Å²) in [5.74, 6) is -3.92. The zero-order chi connectivity index (χ0) is 24.2. The number of urea groups is 1. The van der Waals surface area contributed by atoms with E-state index >= 15 is 0 Å². The van der Waals surface area contributed by atoms with Crippen molar-refractivity contribution >= 4 is 35.6 Å². The molecule has 8 nitrogen and oxygen atoms in total. The number of ether oxygens (including phenoxy) is 1. The van der Waals surface area contributed by atoms with Crippen LogP contribution >= 0.6 is 0 Å². The Morgan fingerprint density at radius 1 is 1.00 bits per heavy atom. The van der Waals surface area contributed by atoms with Crippen molar-refractivity contribution in [3.63, 3.8) is 0 Å². The number of halogens is 1. The maximum Gasteiger partial charge on any atom is 0.335 e. The molecule has 0 aromatic heterocycles. The second-order valence-corrected chi connectivity index (χ2v) is 7.25. The van der Waals surface area contributed by atoms with Crippen LogP contribution < -0.4 is 20.1 Å². The molecule has 9 heteroatoms. The molecule has 4 amide bonds. The first kappa shape index (κ1) is 22.4. The van der Waals surface area contributed by atoms with Crippen molar-refractivity contribution in [2.75, 3.05) is 4.90 Å². The van der Waals surface area contributed by atoms with E-state index in [9.17, 15) is 28.7 Å². The quantitative estimate of drug-likeness (QED) is 0.447. The van der Waals surface area contributed by atoms with Gasteiger partial charge in [-0.2, -0.15) is 0 Å². The van der Waals surface area contributed by atoms with Crippen molar-refractivity contribution in [3.05, 3.63) is 101 Å². The summed E-state index contributed by atoms with van der Waals surface area (Å²) < 4.78 is 18.8. The summed E-state index contributed by atoms with van der Waals surface area (Å²) in [4.78, 5) is 49.8. The molecule has 0 spiro atoms. The van der Waals surface area contributed by atoms with Crippen molar-refractivity contribution < 1.29 is 33.4 Å². The predicted octanol–water partition coefficient (Wildman–Crippen LogP) is 2.43. The average molecular weight is 459 g/mol. The molecule has 4 rings (SSSR count). The number of barbiturate groups is 1. The Hall–Kier alpha value is -4.79. The average Bonchev–Trinajstić information content (AvgIpc) is 2.82. The van der Waals surface area contributed by atoms with Gasteiger partial charge >= 0.3 is 6.03 Å². The summed E-state index contributed by atoms with van der Waals surface area (Å²) in [6.45, 7) is 0.122. The van der Waals surface area contributed by atoms with Crippen molar-refractivity contribution in [2.45, 2.75) is 6.61 Å². The Bertz CT molecular complexity index is 1320. The number of nitrogens with one attached hydrogen (secondary N) is 1. The molecular weight excluding hydrogens is 443 g/mol. The van der Waals surface area contributed by atoms with E-state index in [0.717, 1.165) is 23.8 Å². The maximum atomic E-state index is 13.2. The molecule has 34 heavy (non-hydrogen) atoms. The third kappa shape index (κ3) is 4.68. The van der Waals surface area contributed by atoms with E-state index in [0.29, 0.717) is 4.90 Å². The second-order valence-electron chi connectivity index (χ2n) is 7.25. The molecule has 3 aromatic rings. The molecule has 1 saturated heterocycles. The van der Waals surface area contributed by atoms with Crippen LogP contribution in [0, 0.1) is 5.82 Å². The van der Waals surface area contributed by atoms with Gasteiger partial charge in [-0.1, -0.05) is 36.4 Å². The number of amides is 4. The minimum Gasteiger partial charge on any atom is -0.545 e. The minimum absolute atomic E-state index is 0.0496. The predicted molar refractivity (Wildman–Crippen MR) is 117 cm³/mol. The molecule has 0 unspecified atom stereocenters. The molecule has 1 heterocycles. The van der Waals surface area contributed by atoms with Gasteiger partial charge in [-0.25, -0.2) is 14.1 Å². The molecule has 1 aliphatic heterocycles. The van der Waals surface area contributed by atoms with E-state index < -0.39 is 35.2 Å². The third-order valence-corrected chi connectivity index (χ3v) is 4.96. The monoisotopic (exact) mass is 459 g/mol. The summed E-state index contributed by atoms with van der Waals surface area (Å²) in [6, 6.07) is 16.7. The fraction of sp³-hybridized carbons (Fsp3) is 0.0400. The molecule has 0 radical (unpaired) electrons. The number of nitrogens with zero attached hydrogens (tertiary/aromatic N) is 1. The smallest absolute Gasteiger partial charge is 0.335 e. The van der Waals surface area contributed by atoms with Crippen LogP contribution in [0.1, 0.15) is 21.5 Å². The lowest BCUT2D eigenvalue weighted by Gasteiger charge is -2.26. The van der Waals surface area contributed by atoms with Gasteiger partial charge in [-0.05, 0) is 53.6 Å². The van der Waals surface area contributed by atoms with Crippen LogP contribution in [0.2, 0.25) is 0 Å². The summed E-state index contributed by atoms with van der Waals surface area (Å²) in [5.41, 5.74) is 0.389. The van der Waals surface area contributed by atoms with Gasteiger partial charge in [0.05, 0.1) is 11.7 Å². The molecule has 1 aliphatic rings. The van der Waals surface area contributed by atoms with Crippen LogP contribution in [0.5, 0.6) is 5.75 Å². The van der Waals surface area contributed by atoms with E-state index in [2.05, 4.69) is 0 Å². The first-order chi connectivity index (χ1) is 16.3. The number of carboxylic acid groups (broad SMARTS) is 1. The van der Waals surface area contributed by atoms with Crippen LogP contribution in [-0.2, 0) is 16.2 Å². The number of aromatic carboxylic acids is 1. The summed E-state index contributed by atoms with van der Waals surface area (Å²) in [6.07, 6.45) is 1.15. The lowest BCUT2D eigenvalue weighted by Crippen LogP contribution is -2.54. The van der Waals surface area contributed by atoms with Gasteiger partial charge in [-0.15, -0.1) is 0 Å². The molecule has 1 fully saturated rings. The van der Waals surface area contributed by atoms with Crippen molar-refractivity contribution in [3.8, 4) is 5.75 Å². The van der Waals surface area contributed by atoms with Crippen LogP contribution in [0.25, 0.3) is 6.08 Å². The van der Waals surface area contributed by atoms with Gasteiger partial charge in [-0.3, -0.25) is 14.9 Å². The maximum absolute atomic E-state index is 13.2. The number of carboxylic acids is 1. The zero-order valence-electron chi connectivity index (χ0n) is 17.5. The third-order valence-electron chi connectivity index (χ3n) is 4.96. The van der Waals surface area contributed by atoms with Crippen LogP contribution in [0.3, 0.4) is 0 Å². The number of hydrogen-bond acceptors (Lipinski definition) is 6. The lowest BCUT2D eigenvalue weighted by molar-refractivity contribution is -0.255. The first-order valence-corrected chi connectivity index (χ1v) is 10.0. The normalized spacial score (nSPS) is 14.8. The number of carbonyl (C=O) groups excluding carboxylic acids is 4. The summed E-state index contributed by atoms with van der Waals surface area (Å²) >= 11 is 0. The van der Waals surface area contributed by atoms with Crippen LogP contribution in [0.4, 0.5) is 14.9 Å². The lowest BCUT2D eigenvalue weighted by atomic mass is 10.0. The fourth-order valence-corrected chi connectivity index (χ4v) is 3.31. The number of carbonyl (C=O) groups is 4. The highest BCUT2D eigenvalue weighted by molar-refractivity contribution is 6.39. The molecule has 0 saturated carbocycles. The van der Waals surface area contributed by atoms with E-state index in [4.69, 9.17) is 4.74 Å². The molecule has 3 aromatic carbocycles. The van der Waals surface area contributed by atoms with Crippen LogP contribution in [-0.4, -0.2) is 23.8 Å². The van der Waals surface area contributed by atoms with E-state index in [-0.39, 0.29) is 29.2 Å². The van der Waals surface area contributed by atoms with Crippen molar-refractivity contribution in [1.82, 2.24) is 5.32 Å². The topological polar surface area (TPSA) is 116 Å². The summed E-state index contributed by atoms with van der Waals surface area (Å²) in [7, 11) is 0. The van der Waals surface area contributed by atoms with E-state index in [1.807, 2.05) is 35.6 Å². The molecule has 0 bridgehead atoms. The number of rotatable bonds is 6. The Labute approximate surface area is 192 Å². The summed E-state index contributed by atoms with van der Waals surface area (Å²) in [5, 5.41) is 13.7. The Balaban J connectivity index is 1.63. The van der Waals surface area contributed by atoms with Crippen molar-refractivity contribution in [1.29, 1.82) is 0 Å². The van der Waals surface area contributed by atoms with Crippen molar-refractivity contribution in [2.24, 2.45) is 0 Å². The number of imide groups is 2. The Morgan fingerprint density at radius 2 is 1.71 bits per heavy atom. The van der Waals surface area contributed by atoms with Gasteiger partial charge in [0.1, 0.15) is 23.7 Å². The van der Waals surface area contributed by atoms with Gasteiger partial charge in [0.15, 0.2) is 0 Å². The highest BCUT2D eigenvalue weighted by atomic mass is 19.1. The van der Waals surface area contributed by atoms with Crippen LogP contribution in [0.15, 0.2) is 78.4 Å². The number of benzene rings is 3. The highest BCUT2D eigenvalue weighted by Crippen LogP contribution is 2.25.